The zero-order valence-corrected chi connectivity index (χ0v) is 8.50. The van der Waals surface area contributed by atoms with Gasteiger partial charge >= 0.3 is 0 Å². The summed E-state index contributed by atoms with van der Waals surface area (Å²) >= 11 is 0. The lowest BCUT2D eigenvalue weighted by molar-refractivity contribution is 0.0703. The van der Waals surface area contributed by atoms with Gasteiger partial charge < -0.3 is 15.2 Å². The zero-order chi connectivity index (χ0) is 10.2. The van der Waals surface area contributed by atoms with E-state index in [1.807, 2.05) is 25.1 Å². The van der Waals surface area contributed by atoms with Gasteiger partial charge in [-0.25, -0.2) is 0 Å². The van der Waals surface area contributed by atoms with E-state index >= 15 is 0 Å². The van der Waals surface area contributed by atoms with Crippen LogP contribution in [0.15, 0.2) is 18.2 Å². The van der Waals surface area contributed by atoms with Gasteiger partial charge in [-0.1, -0.05) is 6.07 Å². The van der Waals surface area contributed by atoms with Gasteiger partial charge in [0.25, 0.3) is 0 Å². The first-order valence-corrected chi connectivity index (χ1v) is 4.74. The number of fused-ring (bicyclic) bond motifs is 1. The molecule has 0 saturated heterocycles. The zero-order valence-electron chi connectivity index (χ0n) is 8.50. The highest BCUT2D eigenvalue weighted by molar-refractivity contribution is 5.60. The van der Waals surface area contributed by atoms with Gasteiger partial charge in [0.1, 0.15) is 5.75 Å². The van der Waals surface area contributed by atoms with Crippen molar-refractivity contribution >= 4 is 5.69 Å². The van der Waals surface area contributed by atoms with Crippen molar-refractivity contribution in [1.29, 1.82) is 0 Å². The lowest BCUT2D eigenvalue weighted by Crippen LogP contribution is -2.39. The number of β-amino-alcohol motifs (C(OH)–C–C–N with tert-alkyl or cyclic N) is 1. The lowest BCUT2D eigenvalue weighted by Gasteiger charge is -2.31. The SMILES string of the molecule is COc1cccc2c1CC(C)(O)CN2. The predicted molar refractivity (Wildman–Crippen MR) is 55.8 cm³/mol. The minimum atomic E-state index is -0.679. The molecule has 1 unspecified atom stereocenters. The third kappa shape index (κ3) is 1.55. The molecule has 14 heavy (non-hydrogen) atoms. The number of hydrogen-bond acceptors (Lipinski definition) is 3. The molecule has 1 aliphatic heterocycles. The fourth-order valence-corrected chi connectivity index (χ4v) is 1.83. The average molecular weight is 193 g/mol. The van der Waals surface area contributed by atoms with Crippen LogP contribution in [0.25, 0.3) is 0 Å². The molecule has 1 aromatic carbocycles. The highest BCUT2D eigenvalue weighted by Gasteiger charge is 2.28. The van der Waals surface area contributed by atoms with Crippen LogP contribution in [-0.4, -0.2) is 24.4 Å². The molecule has 2 N–H and O–H groups in total. The number of nitrogens with one attached hydrogen (secondary N) is 1. The fourth-order valence-electron chi connectivity index (χ4n) is 1.83. The third-order valence-corrected chi connectivity index (χ3v) is 2.57. The molecule has 76 valence electrons. The van der Waals surface area contributed by atoms with Crippen molar-refractivity contribution in [2.45, 2.75) is 18.9 Å². The van der Waals surface area contributed by atoms with Crippen LogP contribution >= 0.6 is 0 Å². The maximum absolute atomic E-state index is 9.92. The third-order valence-electron chi connectivity index (χ3n) is 2.57. The largest absolute Gasteiger partial charge is 0.496 e. The molecule has 0 aliphatic carbocycles. The van der Waals surface area contributed by atoms with Gasteiger partial charge in [-0.05, 0) is 19.1 Å². The quantitative estimate of drug-likeness (QED) is 0.708. The average Bonchev–Trinajstić information content (AvgIpc) is 2.15. The summed E-state index contributed by atoms with van der Waals surface area (Å²) in [7, 11) is 1.65. The summed E-state index contributed by atoms with van der Waals surface area (Å²) in [6.45, 7) is 2.42. The number of hydrogen-bond donors (Lipinski definition) is 2. The van der Waals surface area contributed by atoms with E-state index in [1.54, 1.807) is 7.11 Å². The summed E-state index contributed by atoms with van der Waals surface area (Å²) in [4.78, 5) is 0. The standard InChI is InChI=1S/C11H15NO2/c1-11(13)6-8-9(12-7-11)4-3-5-10(8)14-2/h3-5,12-13H,6-7H2,1-2H3. The van der Waals surface area contributed by atoms with Gasteiger partial charge in [0.2, 0.25) is 0 Å². The molecule has 0 saturated carbocycles. The first kappa shape index (κ1) is 9.34. The van der Waals surface area contributed by atoms with Gasteiger partial charge in [-0.15, -0.1) is 0 Å². The van der Waals surface area contributed by atoms with Crippen LogP contribution in [-0.2, 0) is 6.42 Å². The van der Waals surface area contributed by atoms with Crippen LogP contribution in [0.3, 0.4) is 0 Å². The van der Waals surface area contributed by atoms with Gasteiger partial charge in [-0.3, -0.25) is 0 Å². The first-order chi connectivity index (χ1) is 6.62. The van der Waals surface area contributed by atoms with E-state index in [2.05, 4.69) is 5.32 Å². The van der Waals surface area contributed by atoms with E-state index in [0.29, 0.717) is 13.0 Å². The summed E-state index contributed by atoms with van der Waals surface area (Å²) in [6.07, 6.45) is 0.638. The van der Waals surface area contributed by atoms with Crippen LogP contribution in [0.1, 0.15) is 12.5 Å². The monoisotopic (exact) mass is 193 g/mol. The Bertz CT molecular complexity index is 333. The molecule has 0 spiro atoms. The molecule has 1 aliphatic rings. The molecular weight excluding hydrogens is 178 g/mol. The molecule has 0 radical (unpaired) electrons. The summed E-state index contributed by atoms with van der Waals surface area (Å²) in [5.74, 6) is 0.843. The van der Waals surface area contributed by atoms with Crippen LogP contribution in [0.5, 0.6) is 5.75 Å². The molecule has 1 heterocycles. The molecule has 3 nitrogen and oxygen atoms in total. The van der Waals surface area contributed by atoms with Gasteiger partial charge in [0, 0.05) is 24.2 Å². The molecule has 0 fully saturated rings. The molecule has 3 heteroatoms. The Morgan fingerprint density at radius 3 is 3.00 bits per heavy atom. The number of benzene rings is 1. The van der Waals surface area contributed by atoms with E-state index in [0.717, 1.165) is 17.0 Å². The number of aliphatic hydroxyl groups is 1. The Hall–Kier alpha value is -1.22. The van der Waals surface area contributed by atoms with E-state index in [9.17, 15) is 5.11 Å². The minimum Gasteiger partial charge on any atom is -0.496 e. The normalized spacial score (nSPS) is 25.1. The highest BCUT2D eigenvalue weighted by atomic mass is 16.5. The van der Waals surface area contributed by atoms with E-state index in [4.69, 9.17) is 4.74 Å². The van der Waals surface area contributed by atoms with Crippen molar-refractivity contribution in [3.8, 4) is 5.75 Å². The Morgan fingerprint density at radius 1 is 1.50 bits per heavy atom. The van der Waals surface area contributed by atoms with Crippen LogP contribution < -0.4 is 10.1 Å². The van der Waals surface area contributed by atoms with Gasteiger partial charge in [0.05, 0.1) is 12.7 Å². The van der Waals surface area contributed by atoms with Crippen LogP contribution in [0.2, 0.25) is 0 Å². The molecule has 1 aromatic rings. The fraction of sp³-hybridized carbons (Fsp3) is 0.455. The maximum Gasteiger partial charge on any atom is 0.124 e. The minimum absolute atomic E-state index is 0.590. The van der Waals surface area contributed by atoms with Crippen molar-refractivity contribution in [3.63, 3.8) is 0 Å². The maximum atomic E-state index is 9.92. The Morgan fingerprint density at radius 2 is 2.29 bits per heavy atom. The molecule has 0 bridgehead atoms. The Labute approximate surface area is 83.7 Å². The van der Waals surface area contributed by atoms with E-state index in [-0.39, 0.29) is 0 Å². The summed E-state index contributed by atoms with van der Waals surface area (Å²) in [5.41, 5.74) is 1.45. The van der Waals surface area contributed by atoms with Crippen molar-refractivity contribution in [1.82, 2.24) is 0 Å². The van der Waals surface area contributed by atoms with Crippen molar-refractivity contribution in [2.75, 3.05) is 19.0 Å². The van der Waals surface area contributed by atoms with Crippen LogP contribution in [0.4, 0.5) is 5.69 Å². The van der Waals surface area contributed by atoms with Gasteiger partial charge in [-0.2, -0.15) is 0 Å². The van der Waals surface area contributed by atoms with E-state index < -0.39 is 5.60 Å². The Balaban J connectivity index is 2.43. The number of anilines is 1. The summed E-state index contributed by atoms with van der Waals surface area (Å²) in [6, 6.07) is 5.87. The lowest BCUT2D eigenvalue weighted by atomic mass is 9.91. The van der Waals surface area contributed by atoms with Gasteiger partial charge in [0.15, 0.2) is 0 Å². The highest BCUT2D eigenvalue weighted by Crippen LogP contribution is 2.33. The number of ether oxygens (including phenoxy) is 1. The summed E-state index contributed by atoms with van der Waals surface area (Å²) in [5, 5.41) is 13.1. The second-order valence-electron chi connectivity index (χ2n) is 4.01. The second kappa shape index (κ2) is 3.17. The molecule has 1 atom stereocenters. The molecule has 0 amide bonds. The number of methoxy groups -OCH3 is 1. The van der Waals surface area contributed by atoms with Crippen molar-refractivity contribution < 1.29 is 9.84 Å². The van der Waals surface area contributed by atoms with Crippen molar-refractivity contribution in [2.24, 2.45) is 0 Å². The van der Waals surface area contributed by atoms with Crippen molar-refractivity contribution in [3.05, 3.63) is 23.8 Å². The van der Waals surface area contributed by atoms with Crippen LogP contribution in [0, 0.1) is 0 Å². The van der Waals surface area contributed by atoms with E-state index in [1.165, 1.54) is 0 Å². The predicted octanol–water partition coefficient (Wildman–Crippen LogP) is 1.41. The topological polar surface area (TPSA) is 41.5 Å². The second-order valence-corrected chi connectivity index (χ2v) is 4.01. The Kier molecular flexibility index (Phi) is 2.11. The molecule has 0 aromatic heterocycles. The molecule has 2 rings (SSSR count). The summed E-state index contributed by atoms with van der Waals surface area (Å²) < 4.78 is 5.25. The smallest absolute Gasteiger partial charge is 0.124 e. The first-order valence-electron chi connectivity index (χ1n) is 4.74. The molecular formula is C11H15NO2. The number of rotatable bonds is 1.